The molecule has 0 aliphatic rings. The Morgan fingerprint density at radius 3 is 1.42 bits per heavy atom. The third-order valence-electron chi connectivity index (χ3n) is 4.49. The largest absolute Gasteiger partial charge is 0.466 e. The summed E-state index contributed by atoms with van der Waals surface area (Å²) in [5.41, 5.74) is 0. The zero-order valence-corrected chi connectivity index (χ0v) is 17.4. The van der Waals surface area contributed by atoms with Gasteiger partial charge in [0.2, 0.25) is 0 Å². The average Bonchev–Trinajstić information content (AvgIpc) is 2.64. The van der Waals surface area contributed by atoms with E-state index in [1.54, 1.807) is 0 Å². The molecule has 0 saturated carbocycles. The second-order valence-corrected chi connectivity index (χ2v) is 7.18. The molecular formula is C22H42O4. The van der Waals surface area contributed by atoms with Crippen molar-refractivity contribution in [3.63, 3.8) is 0 Å². The Morgan fingerprint density at radius 1 is 0.500 bits per heavy atom. The van der Waals surface area contributed by atoms with E-state index in [1.165, 1.54) is 51.4 Å². The first-order valence-electron chi connectivity index (χ1n) is 11.0. The minimum Gasteiger partial charge on any atom is -0.466 e. The summed E-state index contributed by atoms with van der Waals surface area (Å²) in [5.74, 6) is -0.232. The highest BCUT2D eigenvalue weighted by Gasteiger charge is 2.05. The number of esters is 2. The van der Waals surface area contributed by atoms with Crippen molar-refractivity contribution in [3.05, 3.63) is 0 Å². The molecule has 0 spiro atoms. The number of carbonyl (C=O) groups is 2. The molecule has 0 aliphatic heterocycles. The van der Waals surface area contributed by atoms with E-state index in [2.05, 4.69) is 6.92 Å². The lowest BCUT2D eigenvalue weighted by molar-refractivity contribution is -0.144. The Kier molecular flexibility index (Phi) is 19.4. The van der Waals surface area contributed by atoms with Crippen molar-refractivity contribution in [2.24, 2.45) is 0 Å². The molecule has 0 saturated heterocycles. The summed E-state index contributed by atoms with van der Waals surface area (Å²) in [6.45, 7) is 5.29. The predicted octanol–water partition coefficient (Wildman–Crippen LogP) is 6.35. The number of carbonyl (C=O) groups excluding carboxylic acids is 2. The molecule has 0 amide bonds. The molecule has 0 heterocycles. The quantitative estimate of drug-likeness (QED) is 0.196. The van der Waals surface area contributed by atoms with Gasteiger partial charge in [0.05, 0.1) is 13.2 Å². The van der Waals surface area contributed by atoms with Gasteiger partial charge in [-0.15, -0.1) is 0 Å². The van der Waals surface area contributed by atoms with Crippen LogP contribution in [-0.2, 0) is 19.1 Å². The first kappa shape index (κ1) is 24.9. The fourth-order valence-corrected chi connectivity index (χ4v) is 2.85. The van der Waals surface area contributed by atoms with Crippen molar-refractivity contribution in [2.45, 2.75) is 117 Å². The summed E-state index contributed by atoms with van der Waals surface area (Å²) in [4.78, 5) is 22.9. The summed E-state index contributed by atoms with van der Waals surface area (Å²) in [6, 6.07) is 0. The number of rotatable bonds is 19. The fraction of sp³-hybridized carbons (Fsp3) is 0.909. The second kappa shape index (κ2) is 20.3. The highest BCUT2D eigenvalue weighted by Crippen LogP contribution is 2.11. The van der Waals surface area contributed by atoms with Crippen molar-refractivity contribution >= 4 is 11.9 Å². The van der Waals surface area contributed by atoms with Crippen molar-refractivity contribution in [1.82, 2.24) is 0 Å². The lowest BCUT2D eigenvalue weighted by atomic mass is 10.1. The fourth-order valence-electron chi connectivity index (χ4n) is 2.85. The average molecular weight is 371 g/mol. The van der Waals surface area contributed by atoms with Crippen LogP contribution >= 0.6 is 0 Å². The highest BCUT2D eigenvalue weighted by molar-refractivity contribution is 5.69. The van der Waals surface area contributed by atoms with Gasteiger partial charge in [-0.25, -0.2) is 0 Å². The first-order chi connectivity index (χ1) is 12.7. The maximum absolute atomic E-state index is 11.6. The molecule has 0 atom stereocenters. The van der Waals surface area contributed by atoms with Gasteiger partial charge in [-0.05, 0) is 25.7 Å². The van der Waals surface area contributed by atoms with E-state index in [1.807, 2.05) is 6.92 Å². The van der Waals surface area contributed by atoms with Crippen LogP contribution in [0.2, 0.25) is 0 Å². The van der Waals surface area contributed by atoms with Gasteiger partial charge in [-0.1, -0.05) is 78.1 Å². The summed E-state index contributed by atoms with van der Waals surface area (Å²) < 4.78 is 10.3. The number of hydrogen-bond acceptors (Lipinski definition) is 4. The van der Waals surface area contributed by atoms with Crippen LogP contribution in [0.5, 0.6) is 0 Å². The van der Waals surface area contributed by atoms with Crippen LogP contribution in [0, 0.1) is 0 Å². The van der Waals surface area contributed by atoms with Gasteiger partial charge in [-0.2, -0.15) is 0 Å². The smallest absolute Gasteiger partial charge is 0.305 e. The zero-order chi connectivity index (χ0) is 19.3. The predicted molar refractivity (Wildman–Crippen MR) is 107 cm³/mol. The van der Waals surface area contributed by atoms with E-state index < -0.39 is 0 Å². The molecule has 154 valence electrons. The third-order valence-corrected chi connectivity index (χ3v) is 4.49. The molecule has 26 heavy (non-hydrogen) atoms. The molecule has 0 aromatic rings. The SMILES string of the molecule is CCCCCCCCCCCCOC(=O)CCCCCC(=O)OCCC. The van der Waals surface area contributed by atoms with Gasteiger partial charge < -0.3 is 9.47 Å². The molecule has 0 bridgehead atoms. The van der Waals surface area contributed by atoms with Crippen LogP contribution in [0.15, 0.2) is 0 Å². The monoisotopic (exact) mass is 370 g/mol. The van der Waals surface area contributed by atoms with Gasteiger partial charge in [0.25, 0.3) is 0 Å². The van der Waals surface area contributed by atoms with Gasteiger partial charge >= 0.3 is 11.9 Å². The second-order valence-electron chi connectivity index (χ2n) is 7.18. The lowest BCUT2D eigenvalue weighted by Gasteiger charge is -2.05. The van der Waals surface area contributed by atoms with Gasteiger partial charge in [0.1, 0.15) is 0 Å². The summed E-state index contributed by atoms with van der Waals surface area (Å²) in [6.07, 6.45) is 17.1. The van der Waals surface area contributed by atoms with E-state index in [-0.39, 0.29) is 11.9 Å². The number of hydrogen-bond donors (Lipinski definition) is 0. The minimum absolute atomic E-state index is 0.102. The maximum Gasteiger partial charge on any atom is 0.305 e. The molecule has 0 rings (SSSR count). The van der Waals surface area contributed by atoms with Gasteiger partial charge in [0, 0.05) is 12.8 Å². The van der Waals surface area contributed by atoms with Crippen molar-refractivity contribution in [2.75, 3.05) is 13.2 Å². The topological polar surface area (TPSA) is 52.6 Å². The van der Waals surface area contributed by atoms with E-state index in [0.29, 0.717) is 26.1 Å². The van der Waals surface area contributed by atoms with E-state index >= 15 is 0 Å². The van der Waals surface area contributed by atoms with Gasteiger partial charge in [-0.3, -0.25) is 9.59 Å². The molecule has 0 fully saturated rings. The number of ether oxygens (including phenoxy) is 2. The Morgan fingerprint density at radius 2 is 0.923 bits per heavy atom. The zero-order valence-electron chi connectivity index (χ0n) is 17.4. The van der Waals surface area contributed by atoms with Crippen LogP contribution < -0.4 is 0 Å². The molecule has 0 aromatic carbocycles. The third kappa shape index (κ3) is 19.3. The van der Waals surface area contributed by atoms with Crippen molar-refractivity contribution in [3.8, 4) is 0 Å². The van der Waals surface area contributed by atoms with Crippen LogP contribution in [0.3, 0.4) is 0 Å². The molecule has 4 nitrogen and oxygen atoms in total. The van der Waals surface area contributed by atoms with Crippen LogP contribution in [-0.4, -0.2) is 25.2 Å². The molecule has 0 N–H and O–H groups in total. The highest BCUT2D eigenvalue weighted by atomic mass is 16.5. The Hall–Kier alpha value is -1.06. The molecule has 0 aliphatic carbocycles. The molecule has 0 unspecified atom stereocenters. The Bertz CT molecular complexity index is 328. The standard InChI is InChI=1S/C22H42O4/c1-3-5-6-7-8-9-10-11-12-16-20-26-22(24)18-15-13-14-17-21(23)25-19-4-2/h3-20H2,1-2H3. The van der Waals surface area contributed by atoms with Crippen molar-refractivity contribution in [1.29, 1.82) is 0 Å². The summed E-state index contributed by atoms with van der Waals surface area (Å²) >= 11 is 0. The van der Waals surface area contributed by atoms with Crippen LogP contribution in [0.1, 0.15) is 117 Å². The first-order valence-corrected chi connectivity index (χ1v) is 11.0. The van der Waals surface area contributed by atoms with Gasteiger partial charge in [0.15, 0.2) is 0 Å². The van der Waals surface area contributed by atoms with Crippen LogP contribution in [0.4, 0.5) is 0 Å². The van der Waals surface area contributed by atoms with Crippen LogP contribution in [0.25, 0.3) is 0 Å². The molecule has 0 aromatic heterocycles. The molecule has 0 radical (unpaired) electrons. The van der Waals surface area contributed by atoms with E-state index in [4.69, 9.17) is 9.47 Å². The van der Waals surface area contributed by atoms with E-state index in [0.717, 1.165) is 38.5 Å². The Balaban J connectivity index is 3.23. The molecule has 4 heteroatoms. The normalized spacial score (nSPS) is 10.7. The van der Waals surface area contributed by atoms with E-state index in [9.17, 15) is 9.59 Å². The maximum atomic E-state index is 11.6. The van der Waals surface area contributed by atoms with Crippen molar-refractivity contribution < 1.29 is 19.1 Å². The minimum atomic E-state index is -0.129. The lowest BCUT2D eigenvalue weighted by Crippen LogP contribution is -2.06. The Labute approximate surface area is 161 Å². The summed E-state index contributed by atoms with van der Waals surface area (Å²) in [7, 11) is 0. The number of unbranched alkanes of at least 4 members (excludes halogenated alkanes) is 11. The summed E-state index contributed by atoms with van der Waals surface area (Å²) in [5, 5.41) is 0. The molecular weight excluding hydrogens is 328 g/mol.